The third-order valence-electron chi connectivity index (χ3n) is 3.19. The summed E-state index contributed by atoms with van der Waals surface area (Å²) in [5.74, 6) is 0.849. The predicted octanol–water partition coefficient (Wildman–Crippen LogP) is 2.34. The molecule has 4 nitrogen and oxygen atoms in total. The van der Waals surface area contributed by atoms with Gasteiger partial charge in [0.05, 0.1) is 0 Å². The van der Waals surface area contributed by atoms with Crippen LogP contribution in [0.15, 0.2) is 6.33 Å². The van der Waals surface area contributed by atoms with Gasteiger partial charge in [-0.15, -0.1) is 0 Å². The van der Waals surface area contributed by atoms with Gasteiger partial charge in [0.2, 0.25) is 0 Å². The predicted molar refractivity (Wildman–Crippen MR) is 70.6 cm³/mol. The molecule has 94 valence electrons. The number of aromatic nitrogens is 2. The molecule has 1 saturated heterocycles. The van der Waals surface area contributed by atoms with Crippen molar-refractivity contribution < 1.29 is 0 Å². The van der Waals surface area contributed by atoms with E-state index in [9.17, 15) is 0 Å². The van der Waals surface area contributed by atoms with E-state index >= 15 is 0 Å². The molecule has 0 bridgehead atoms. The Labute approximate surface area is 107 Å². The summed E-state index contributed by atoms with van der Waals surface area (Å²) in [4.78, 5) is 10.6. The molecular weight excluding hydrogens is 236 g/mol. The summed E-state index contributed by atoms with van der Waals surface area (Å²) in [6.45, 7) is 6.37. The monoisotopic (exact) mass is 254 g/mol. The number of anilines is 1. The number of halogens is 1. The van der Waals surface area contributed by atoms with Crippen LogP contribution in [0.3, 0.4) is 0 Å². The Morgan fingerprint density at radius 1 is 1.29 bits per heavy atom. The van der Waals surface area contributed by atoms with Crippen LogP contribution in [0, 0.1) is 6.92 Å². The van der Waals surface area contributed by atoms with Crippen LogP contribution in [-0.2, 0) is 0 Å². The molecule has 1 fully saturated rings. The van der Waals surface area contributed by atoms with E-state index in [0.717, 1.165) is 24.5 Å². The van der Waals surface area contributed by atoms with Crippen molar-refractivity contribution in [2.45, 2.75) is 26.2 Å². The highest BCUT2D eigenvalue weighted by Gasteiger charge is 2.10. The van der Waals surface area contributed by atoms with Crippen molar-refractivity contribution in [3.05, 3.63) is 17.0 Å². The summed E-state index contributed by atoms with van der Waals surface area (Å²) in [6, 6.07) is 0. The first-order valence-corrected chi connectivity index (χ1v) is 6.58. The smallest absolute Gasteiger partial charge is 0.137 e. The maximum absolute atomic E-state index is 5.94. The molecule has 1 aromatic rings. The summed E-state index contributed by atoms with van der Waals surface area (Å²) in [5.41, 5.74) is 0.924. The number of rotatable bonds is 4. The molecule has 0 saturated carbocycles. The third kappa shape index (κ3) is 3.54. The molecule has 2 heterocycles. The van der Waals surface area contributed by atoms with E-state index in [-0.39, 0.29) is 0 Å². The van der Waals surface area contributed by atoms with E-state index in [1.54, 1.807) is 0 Å². The lowest BCUT2D eigenvalue weighted by molar-refractivity contribution is 0.237. The van der Waals surface area contributed by atoms with Gasteiger partial charge in [0, 0.05) is 18.7 Å². The first kappa shape index (κ1) is 12.6. The molecule has 0 aromatic carbocycles. The lowest BCUT2D eigenvalue weighted by Gasteiger charge is -2.26. The standard InChI is InChI=1S/C12H19ClN4/c1-10-11(13)15-9-16-12(10)14-5-8-17-6-3-2-4-7-17/h9H,2-8H2,1H3,(H,14,15,16). The number of hydrogen-bond acceptors (Lipinski definition) is 4. The summed E-state index contributed by atoms with van der Waals surface area (Å²) in [7, 11) is 0. The fourth-order valence-electron chi connectivity index (χ4n) is 2.12. The molecule has 0 atom stereocenters. The van der Waals surface area contributed by atoms with Crippen molar-refractivity contribution in [1.29, 1.82) is 0 Å². The van der Waals surface area contributed by atoms with Crippen LogP contribution in [0.5, 0.6) is 0 Å². The lowest BCUT2D eigenvalue weighted by atomic mass is 10.1. The average molecular weight is 255 g/mol. The molecule has 2 rings (SSSR count). The SMILES string of the molecule is Cc1c(Cl)ncnc1NCCN1CCCCC1. The second-order valence-corrected chi connectivity index (χ2v) is 4.83. The lowest BCUT2D eigenvalue weighted by Crippen LogP contribution is -2.33. The highest BCUT2D eigenvalue weighted by molar-refractivity contribution is 6.30. The van der Waals surface area contributed by atoms with Crippen LogP contribution in [-0.4, -0.2) is 41.0 Å². The van der Waals surface area contributed by atoms with Gasteiger partial charge < -0.3 is 10.2 Å². The minimum atomic E-state index is 0.528. The van der Waals surface area contributed by atoms with Crippen LogP contribution in [0.25, 0.3) is 0 Å². The normalized spacial score (nSPS) is 17.1. The van der Waals surface area contributed by atoms with Gasteiger partial charge >= 0.3 is 0 Å². The largest absolute Gasteiger partial charge is 0.368 e. The fourth-order valence-corrected chi connectivity index (χ4v) is 2.26. The molecule has 17 heavy (non-hydrogen) atoms. The molecule has 0 amide bonds. The van der Waals surface area contributed by atoms with Gasteiger partial charge in [0.15, 0.2) is 0 Å². The molecule has 1 aliphatic heterocycles. The molecule has 0 spiro atoms. The zero-order valence-electron chi connectivity index (χ0n) is 10.2. The summed E-state index contributed by atoms with van der Waals surface area (Å²) >= 11 is 5.94. The highest BCUT2D eigenvalue weighted by Crippen LogP contribution is 2.17. The van der Waals surface area contributed by atoms with Gasteiger partial charge in [0.25, 0.3) is 0 Å². The first-order chi connectivity index (χ1) is 8.27. The molecule has 1 N–H and O–H groups in total. The molecule has 0 aliphatic carbocycles. The Hall–Kier alpha value is -0.870. The van der Waals surface area contributed by atoms with Crippen LogP contribution < -0.4 is 5.32 Å². The van der Waals surface area contributed by atoms with Crippen LogP contribution in [0.1, 0.15) is 24.8 Å². The van der Waals surface area contributed by atoms with Gasteiger partial charge in [-0.05, 0) is 32.9 Å². The van der Waals surface area contributed by atoms with Crippen molar-refractivity contribution in [2.24, 2.45) is 0 Å². The number of hydrogen-bond donors (Lipinski definition) is 1. The molecule has 5 heteroatoms. The van der Waals surface area contributed by atoms with Crippen molar-refractivity contribution in [3.63, 3.8) is 0 Å². The minimum absolute atomic E-state index is 0.528. The van der Waals surface area contributed by atoms with Crippen LogP contribution in [0.4, 0.5) is 5.82 Å². The summed E-state index contributed by atoms with van der Waals surface area (Å²) in [6.07, 6.45) is 5.54. The Morgan fingerprint density at radius 2 is 2.06 bits per heavy atom. The van der Waals surface area contributed by atoms with Crippen LogP contribution >= 0.6 is 11.6 Å². The molecule has 0 radical (unpaired) electrons. The fraction of sp³-hybridized carbons (Fsp3) is 0.667. The van der Waals surface area contributed by atoms with Crippen molar-refractivity contribution >= 4 is 17.4 Å². The third-order valence-corrected chi connectivity index (χ3v) is 3.57. The van der Waals surface area contributed by atoms with E-state index in [0.29, 0.717) is 5.15 Å². The van der Waals surface area contributed by atoms with Gasteiger partial charge in [-0.2, -0.15) is 0 Å². The quantitative estimate of drug-likeness (QED) is 0.838. The van der Waals surface area contributed by atoms with Crippen molar-refractivity contribution in [1.82, 2.24) is 14.9 Å². The van der Waals surface area contributed by atoms with Crippen molar-refractivity contribution in [3.8, 4) is 0 Å². The van der Waals surface area contributed by atoms with E-state index in [1.807, 2.05) is 6.92 Å². The van der Waals surface area contributed by atoms with Gasteiger partial charge in [-0.25, -0.2) is 9.97 Å². The molecule has 1 aromatic heterocycles. The number of nitrogens with zero attached hydrogens (tertiary/aromatic N) is 3. The topological polar surface area (TPSA) is 41.1 Å². The highest BCUT2D eigenvalue weighted by atomic mass is 35.5. The first-order valence-electron chi connectivity index (χ1n) is 6.20. The summed E-state index contributed by atoms with van der Waals surface area (Å²) in [5, 5.41) is 3.85. The van der Waals surface area contributed by atoms with Gasteiger partial charge in [0.1, 0.15) is 17.3 Å². The van der Waals surface area contributed by atoms with E-state index in [2.05, 4.69) is 20.2 Å². The second kappa shape index (κ2) is 6.17. The number of piperidine rings is 1. The minimum Gasteiger partial charge on any atom is -0.368 e. The Kier molecular flexibility index (Phi) is 4.57. The maximum atomic E-state index is 5.94. The molecular formula is C12H19ClN4. The zero-order chi connectivity index (χ0) is 12.1. The molecule has 1 aliphatic rings. The maximum Gasteiger partial charge on any atom is 0.137 e. The Morgan fingerprint density at radius 3 is 2.82 bits per heavy atom. The van der Waals surface area contributed by atoms with Crippen molar-refractivity contribution in [2.75, 3.05) is 31.5 Å². The number of likely N-dealkylation sites (tertiary alicyclic amines) is 1. The van der Waals surface area contributed by atoms with E-state index in [1.165, 1.54) is 38.7 Å². The number of nitrogens with one attached hydrogen (secondary N) is 1. The Balaban J connectivity index is 1.79. The second-order valence-electron chi connectivity index (χ2n) is 4.47. The van der Waals surface area contributed by atoms with Gasteiger partial charge in [-0.1, -0.05) is 18.0 Å². The van der Waals surface area contributed by atoms with E-state index < -0.39 is 0 Å². The Bertz CT molecular complexity index is 364. The van der Waals surface area contributed by atoms with E-state index in [4.69, 9.17) is 11.6 Å². The summed E-state index contributed by atoms with van der Waals surface area (Å²) < 4.78 is 0. The van der Waals surface area contributed by atoms with Gasteiger partial charge in [-0.3, -0.25) is 0 Å². The molecule has 0 unspecified atom stereocenters. The zero-order valence-corrected chi connectivity index (χ0v) is 11.0. The van der Waals surface area contributed by atoms with Crippen LogP contribution in [0.2, 0.25) is 5.15 Å². The average Bonchev–Trinajstić information content (AvgIpc) is 2.36.